The highest BCUT2D eigenvalue weighted by atomic mass is 35.5. The summed E-state index contributed by atoms with van der Waals surface area (Å²) in [5, 5.41) is 3.91. The van der Waals surface area contributed by atoms with E-state index >= 15 is 0 Å². The molecule has 2 aliphatic rings. The van der Waals surface area contributed by atoms with Crippen LogP contribution in [-0.4, -0.2) is 46.5 Å². The van der Waals surface area contributed by atoms with Crippen LogP contribution in [0.25, 0.3) is 0 Å². The van der Waals surface area contributed by atoms with Crippen LogP contribution in [0.5, 0.6) is 0 Å². The van der Waals surface area contributed by atoms with E-state index in [2.05, 4.69) is 17.1 Å². The van der Waals surface area contributed by atoms with Gasteiger partial charge in [-0.2, -0.15) is 0 Å². The average molecular weight is 444 g/mol. The Morgan fingerprint density at radius 1 is 1.00 bits per heavy atom. The van der Waals surface area contributed by atoms with E-state index in [9.17, 15) is 4.79 Å². The van der Waals surface area contributed by atoms with Crippen molar-refractivity contribution in [3.63, 3.8) is 0 Å². The van der Waals surface area contributed by atoms with Crippen LogP contribution in [0, 0.1) is 0 Å². The van der Waals surface area contributed by atoms with Gasteiger partial charge in [0.15, 0.2) is 10.7 Å². The van der Waals surface area contributed by atoms with Crippen molar-refractivity contribution in [1.82, 2.24) is 15.1 Å². The monoisotopic (exact) mass is 443 g/mol. The molecule has 1 amide bonds. The molecule has 6 heteroatoms. The molecule has 30 heavy (non-hydrogen) atoms. The lowest BCUT2D eigenvalue weighted by atomic mass is 9.82. The minimum Gasteiger partial charge on any atom is -0.341 e. The maximum Gasteiger partial charge on any atom is 0.263 e. The zero-order valence-electron chi connectivity index (χ0n) is 17.4. The normalized spacial score (nSPS) is 21.2. The zero-order valence-corrected chi connectivity index (χ0v) is 19.1. The SMILES string of the molecule is CC1CCCCN1CCCN1C(=O)C(c2ccccc2)(c2ccccc2)NC1=S.Cl. The molecule has 2 heterocycles. The van der Waals surface area contributed by atoms with Gasteiger partial charge < -0.3 is 10.2 Å². The fourth-order valence-electron chi connectivity index (χ4n) is 4.64. The first kappa shape index (κ1) is 22.7. The number of rotatable bonds is 6. The third kappa shape index (κ3) is 4.25. The third-order valence-corrected chi connectivity index (χ3v) is 6.61. The Morgan fingerprint density at radius 3 is 2.17 bits per heavy atom. The van der Waals surface area contributed by atoms with Gasteiger partial charge in [-0.1, -0.05) is 67.1 Å². The molecule has 1 unspecified atom stereocenters. The van der Waals surface area contributed by atoms with Gasteiger partial charge in [0.05, 0.1) is 0 Å². The highest BCUT2D eigenvalue weighted by Crippen LogP contribution is 2.36. The molecule has 2 aromatic rings. The zero-order chi connectivity index (χ0) is 20.3. The Hall–Kier alpha value is -1.95. The predicted octanol–water partition coefficient (Wildman–Crippen LogP) is 4.33. The molecule has 4 nitrogen and oxygen atoms in total. The van der Waals surface area contributed by atoms with Gasteiger partial charge in [0.1, 0.15) is 0 Å². The molecule has 0 bridgehead atoms. The molecular weight excluding hydrogens is 414 g/mol. The van der Waals surface area contributed by atoms with Gasteiger partial charge in [-0.3, -0.25) is 9.69 Å². The summed E-state index contributed by atoms with van der Waals surface area (Å²) in [5.74, 6) is 0.0200. The number of piperidine rings is 1. The van der Waals surface area contributed by atoms with E-state index in [4.69, 9.17) is 12.2 Å². The molecule has 2 aliphatic heterocycles. The van der Waals surface area contributed by atoms with Gasteiger partial charge in [-0.15, -0.1) is 12.4 Å². The molecular formula is C24H30ClN3OS. The number of likely N-dealkylation sites (tertiary alicyclic amines) is 1. The Morgan fingerprint density at radius 2 is 1.60 bits per heavy atom. The Labute approximate surface area is 191 Å². The Kier molecular flexibility index (Phi) is 7.50. The quantitative estimate of drug-likeness (QED) is 0.674. The van der Waals surface area contributed by atoms with Crippen molar-refractivity contribution in [2.45, 2.75) is 44.2 Å². The summed E-state index contributed by atoms with van der Waals surface area (Å²) < 4.78 is 0. The number of carbonyl (C=O) groups is 1. The van der Waals surface area contributed by atoms with E-state index in [1.807, 2.05) is 60.7 Å². The summed E-state index contributed by atoms with van der Waals surface area (Å²) in [6.07, 6.45) is 4.80. The standard InChI is InChI=1S/C24H29N3OS.ClH/c1-19-11-8-9-16-26(19)17-10-18-27-22(28)24(25-23(27)29,20-12-4-2-5-13-20)21-14-6-3-7-15-21;/h2-7,12-15,19H,8-11,16-18H2,1H3,(H,25,29);1H. The predicted molar refractivity (Wildman–Crippen MR) is 128 cm³/mol. The van der Waals surface area contributed by atoms with Gasteiger partial charge in [0.2, 0.25) is 0 Å². The first-order valence-corrected chi connectivity index (χ1v) is 11.0. The summed E-state index contributed by atoms with van der Waals surface area (Å²) in [5.41, 5.74) is 0.897. The van der Waals surface area contributed by atoms with Crippen LogP contribution in [0.3, 0.4) is 0 Å². The summed E-state index contributed by atoms with van der Waals surface area (Å²) in [7, 11) is 0. The molecule has 1 atom stereocenters. The fraction of sp³-hybridized carbons (Fsp3) is 0.417. The highest BCUT2D eigenvalue weighted by molar-refractivity contribution is 7.80. The van der Waals surface area contributed by atoms with E-state index in [1.54, 1.807) is 4.90 Å². The van der Waals surface area contributed by atoms with Crippen molar-refractivity contribution in [1.29, 1.82) is 0 Å². The van der Waals surface area contributed by atoms with Crippen LogP contribution in [0.2, 0.25) is 0 Å². The first-order valence-electron chi connectivity index (χ1n) is 10.6. The lowest BCUT2D eigenvalue weighted by molar-refractivity contribution is -0.130. The lowest BCUT2D eigenvalue weighted by Crippen LogP contribution is -2.45. The van der Waals surface area contributed by atoms with Gasteiger partial charge >= 0.3 is 0 Å². The van der Waals surface area contributed by atoms with Crippen molar-refractivity contribution in [3.05, 3.63) is 71.8 Å². The largest absolute Gasteiger partial charge is 0.341 e. The number of halogens is 1. The third-order valence-electron chi connectivity index (χ3n) is 6.29. The van der Waals surface area contributed by atoms with E-state index in [0.29, 0.717) is 17.7 Å². The summed E-state index contributed by atoms with van der Waals surface area (Å²) in [6.45, 7) is 5.13. The van der Waals surface area contributed by atoms with Crippen LogP contribution in [0.4, 0.5) is 0 Å². The number of hydrogen-bond acceptors (Lipinski definition) is 3. The van der Waals surface area contributed by atoms with Crippen molar-refractivity contribution in [3.8, 4) is 0 Å². The molecule has 0 aromatic heterocycles. The number of amides is 1. The maximum absolute atomic E-state index is 13.7. The van der Waals surface area contributed by atoms with Crippen molar-refractivity contribution >= 4 is 35.6 Å². The Bertz CT molecular complexity index is 822. The van der Waals surface area contributed by atoms with E-state index in [0.717, 1.165) is 30.6 Å². The molecule has 0 spiro atoms. The molecule has 0 saturated carbocycles. The molecule has 160 valence electrons. The minimum absolute atomic E-state index is 0. The van der Waals surface area contributed by atoms with Crippen LogP contribution in [0.1, 0.15) is 43.7 Å². The van der Waals surface area contributed by atoms with Gasteiger partial charge in [0, 0.05) is 19.1 Å². The summed E-state index contributed by atoms with van der Waals surface area (Å²) in [6, 6.07) is 20.5. The Balaban J connectivity index is 0.00000256. The first-order chi connectivity index (χ1) is 14.1. The molecule has 2 aromatic carbocycles. The number of carbonyl (C=O) groups excluding carboxylic acids is 1. The average Bonchev–Trinajstić information content (AvgIpc) is 3.02. The topological polar surface area (TPSA) is 35.6 Å². The summed E-state index contributed by atoms with van der Waals surface area (Å²) >= 11 is 5.64. The van der Waals surface area contributed by atoms with Crippen molar-refractivity contribution < 1.29 is 4.79 Å². The minimum atomic E-state index is -0.946. The smallest absolute Gasteiger partial charge is 0.263 e. The molecule has 0 radical (unpaired) electrons. The fourth-order valence-corrected chi connectivity index (χ4v) is 4.96. The molecule has 2 saturated heterocycles. The van der Waals surface area contributed by atoms with E-state index in [-0.39, 0.29) is 18.3 Å². The van der Waals surface area contributed by atoms with Crippen LogP contribution in [0.15, 0.2) is 60.7 Å². The highest BCUT2D eigenvalue weighted by Gasteiger charge is 2.51. The van der Waals surface area contributed by atoms with Gasteiger partial charge in [-0.25, -0.2) is 0 Å². The number of nitrogens with one attached hydrogen (secondary N) is 1. The molecule has 1 N–H and O–H groups in total. The number of nitrogens with zero attached hydrogens (tertiary/aromatic N) is 2. The van der Waals surface area contributed by atoms with Crippen molar-refractivity contribution in [2.75, 3.05) is 19.6 Å². The van der Waals surface area contributed by atoms with Crippen molar-refractivity contribution in [2.24, 2.45) is 0 Å². The number of thiocarbonyl (C=S) groups is 1. The van der Waals surface area contributed by atoms with Crippen LogP contribution >= 0.6 is 24.6 Å². The number of hydrogen-bond donors (Lipinski definition) is 1. The molecule has 2 fully saturated rings. The number of benzene rings is 2. The summed E-state index contributed by atoms with van der Waals surface area (Å²) in [4.78, 5) is 18.1. The van der Waals surface area contributed by atoms with Crippen LogP contribution in [-0.2, 0) is 10.3 Å². The second-order valence-electron chi connectivity index (χ2n) is 8.10. The molecule has 4 rings (SSSR count). The lowest BCUT2D eigenvalue weighted by Gasteiger charge is -2.33. The van der Waals surface area contributed by atoms with E-state index in [1.165, 1.54) is 19.3 Å². The molecule has 0 aliphatic carbocycles. The second-order valence-corrected chi connectivity index (χ2v) is 8.49. The van der Waals surface area contributed by atoms with Crippen LogP contribution < -0.4 is 5.32 Å². The maximum atomic E-state index is 13.7. The van der Waals surface area contributed by atoms with Gasteiger partial charge in [-0.05, 0) is 56.1 Å². The second kappa shape index (κ2) is 9.90. The van der Waals surface area contributed by atoms with E-state index < -0.39 is 5.54 Å². The van der Waals surface area contributed by atoms with Gasteiger partial charge in [0.25, 0.3) is 5.91 Å².